The van der Waals surface area contributed by atoms with Crippen molar-refractivity contribution in [2.75, 3.05) is 32.1 Å². The van der Waals surface area contributed by atoms with Gasteiger partial charge in [-0.3, -0.25) is 4.90 Å². The van der Waals surface area contributed by atoms with E-state index in [-0.39, 0.29) is 6.04 Å². The summed E-state index contributed by atoms with van der Waals surface area (Å²) < 4.78 is 28.9. The van der Waals surface area contributed by atoms with Crippen molar-refractivity contribution in [1.29, 1.82) is 0 Å². The highest BCUT2D eigenvalue weighted by molar-refractivity contribution is 7.89. The molecule has 1 aliphatic heterocycles. The number of aryl methyl sites for hydroxylation is 1. The first-order valence-corrected chi connectivity index (χ1v) is 12.5. The van der Waals surface area contributed by atoms with Gasteiger partial charge in [-0.15, -0.1) is 0 Å². The molecule has 0 amide bonds. The van der Waals surface area contributed by atoms with Gasteiger partial charge in [0.2, 0.25) is 10.0 Å². The van der Waals surface area contributed by atoms with Crippen molar-refractivity contribution in [2.24, 2.45) is 0 Å². The van der Waals surface area contributed by atoms with Crippen LogP contribution in [-0.4, -0.2) is 40.5 Å². The van der Waals surface area contributed by atoms with E-state index < -0.39 is 10.0 Å². The molecule has 1 aliphatic rings. The number of nitrogens with zero attached hydrogens (tertiary/aromatic N) is 2. The van der Waals surface area contributed by atoms with Crippen molar-refractivity contribution in [1.82, 2.24) is 9.62 Å². The lowest BCUT2D eigenvalue weighted by molar-refractivity contribution is 0.180. The van der Waals surface area contributed by atoms with E-state index in [0.29, 0.717) is 11.4 Å². The normalized spacial score (nSPS) is 15.2. The highest BCUT2D eigenvalue weighted by Crippen LogP contribution is 2.29. The maximum atomic E-state index is 13.0. The van der Waals surface area contributed by atoms with Gasteiger partial charge in [-0.05, 0) is 59.9 Å². The molecule has 168 valence electrons. The first-order chi connectivity index (χ1) is 15.3. The van der Waals surface area contributed by atoms with Crippen molar-refractivity contribution in [3.05, 3.63) is 95.1 Å². The molecule has 1 heterocycles. The van der Waals surface area contributed by atoms with Crippen LogP contribution in [-0.2, 0) is 23.0 Å². The summed E-state index contributed by atoms with van der Waals surface area (Å²) in [4.78, 5) is 4.76. The zero-order valence-corrected chi connectivity index (χ0v) is 19.8. The molecule has 1 N–H and O–H groups in total. The largest absolute Gasteiger partial charge is 0.378 e. The molecule has 4 rings (SSSR count). The molecule has 0 aliphatic carbocycles. The Morgan fingerprint density at radius 3 is 2.38 bits per heavy atom. The van der Waals surface area contributed by atoms with Crippen molar-refractivity contribution >= 4 is 15.7 Å². The second-order valence-corrected chi connectivity index (χ2v) is 10.4. The zero-order chi connectivity index (χ0) is 22.7. The number of benzene rings is 3. The standard InChI is InChI=1S/C26H31N3O2S/c1-20-7-6-10-25(17-20)32(30,31)27-18-26(22-11-13-24(14-12-22)28(2)3)29-16-15-21-8-4-5-9-23(21)19-29/h4-14,17,26-27H,15-16,18-19H2,1-3H3/t26-/m1/s1. The number of hydrogen-bond donors (Lipinski definition) is 1. The lowest BCUT2D eigenvalue weighted by Gasteiger charge is -2.36. The van der Waals surface area contributed by atoms with Crippen LogP contribution < -0.4 is 9.62 Å². The fourth-order valence-electron chi connectivity index (χ4n) is 4.29. The van der Waals surface area contributed by atoms with E-state index in [4.69, 9.17) is 0 Å². The van der Waals surface area contributed by atoms with E-state index in [1.165, 1.54) is 11.1 Å². The zero-order valence-electron chi connectivity index (χ0n) is 19.0. The maximum Gasteiger partial charge on any atom is 0.240 e. The van der Waals surface area contributed by atoms with Crippen molar-refractivity contribution < 1.29 is 8.42 Å². The van der Waals surface area contributed by atoms with Gasteiger partial charge in [0, 0.05) is 45.5 Å². The Bertz CT molecular complexity index is 1170. The van der Waals surface area contributed by atoms with Crippen LogP contribution in [0.25, 0.3) is 0 Å². The van der Waals surface area contributed by atoms with Crippen LogP contribution in [0.4, 0.5) is 5.69 Å². The van der Waals surface area contributed by atoms with Gasteiger partial charge >= 0.3 is 0 Å². The van der Waals surface area contributed by atoms with Gasteiger partial charge in [0.1, 0.15) is 0 Å². The van der Waals surface area contributed by atoms with Crippen molar-refractivity contribution in [3.63, 3.8) is 0 Å². The monoisotopic (exact) mass is 449 g/mol. The minimum Gasteiger partial charge on any atom is -0.378 e. The van der Waals surface area contributed by atoms with Gasteiger partial charge in [0.05, 0.1) is 4.90 Å². The molecule has 0 unspecified atom stereocenters. The fourth-order valence-corrected chi connectivity index (χ4v) is 5.43. The van der Waals surface area contributed by atoms with Gasteiger partial charge in [0.25, 0.3) is 0 Å². The second-order valence-electron chi connectivity index (χ2n) is 8.66. The van der Waals surface area contributed by atoms with E-state index >= 15 is 0 Å². The molecule has 0 radical (unpaired) electrons. The Balaban J connectivity index is 1.60. The quantitative estimate of drug-likeness (QED) is 0.589. The second kappa shape index (κ2) is 9.45. The number of rotatable bonds is 7. The van der Waals surface area contributed by atoms with E-state index in [0.717, 1.165) is 36.3 Å². The summed E-state index contributed by atoms with van der Waals surface area (Å²) in [5, 5.41) is 0. The summed E-state index contributed by atoms with van der Waals surface area (Å²) in [5.41, 5.74) is 5.86. The lowest BCUT2D eigenvalue weighted by atomic mass is 9.96. The van der Waals surface area contributed by atoms with Crippen molar-refractivity contribution in [3.8, 4) is 0 Å². The smallest absolute Gasteiger partial charge is 0.240 e. The molecule has 0 fully saturated rings. The summed E-state index contributed by atoms with van der Waals surface area (Å²) in [6, 6.07) is 23.9. The summed E-state index contributed by atoms with van der Waals surface area (Å²) in [7, 11) is 0.444. The number of sulfonamides is 1. The molecule has 3 aromatic rings. The molecule has 3 aromatic carbocycles. The molecule has 6 heteroatoms. The average molecular weight is 450 g/mol. The van der Waals surface area contributed by atoms with Crippen LogP contribution in [0.15, 0.2) is 77.7 Å². The molecular formula is C26H31N3O2S. The highest BCUT2D eigenvalue weighted by atomic mass is 32.2. The molecule has 0 spiro atoms. The molecule has 0 bridgehead atoms. The molecule has 0 aromatic heterocycles. The predicted molar refractivity (Wildman–Crippen MR) is 130 cm³/mol. The Labute approximate surface area is 191 Å². The third kappa shape index (κ3) is 5.04. The Morgan fingerprint density at radius 1 is 0.969 bits per heavy atom. The molecule has 1 atom stereocenters. The van der Waals surface area contributed by atoms with Gasteiger partial charge in [-0.25, -0.2) is 13.1 Å². The van der Waals surface area contributed by atoms with Crippen LogP contribution in [0.2, 0.25) is 0 Å². The average Bonchev–Trinajstić information content (AvgIpc) is 2.79. The van der Waals surface area contributed by atoms with E-state index in [1.54, 1.807) is 18.2 Å². The van der Waals surface area contributed by atoms with Crippen LogP contribution in [0.1, 0.15) is 28.3 Å². The Kier molecular flexibility index (Phi) is 6.65. The third-order valence-electron chi connectivity index (χ3n) is 6.16. The minimum absolute atomic E-state index is 0.0563. The van der Waals surface area contributed by atoms with E-state index in [9.17, 15) is 8.42 Å². The predicted octanol–water partition coefficient (Wildman–Crippen LogP) is 4.14. The van der Waals surface area contributed by atoms with Gasteiger partial charge in [-0.1, -0.05) is 48.5 Å². The topological polar surface area (TPSA) is 52.7 Å². The number of hydrogen-bond acceptors (Lipinski definition) is 4. The molecular weight excluding hydrogens is 418 g/mol. The van der Waals surface area contributed by atoms with Crippen LogP contribution in [0.3, 0.4) is 0 Å². The van der Waals surface area contributed by atoms with Crippen LogP contribution >= 0.6 is 0 Å². The lowest BCUT2D eigenvalue weighted by Crippen LogP contribution is -2.40. The summed E-state index contributed by atoms with van der Waals surface area (Å²) in [5.74, 6) is 0. The summed E-state index contributed by atoms with van der Waals surface area (Å²) >= 11 is 0. The van der Waals surface area contributed by atoms with E-state index in [2.05, 4.69) is 63.1 Å². The first-order valence-electron chi connectivity index (χ1n) is 11.0. The van der Waals surface area contributed by atoms with Gasteiger partial charge < -0.3 is 4.90 Å². The van der Waals surface area contributed by atoms with Crippen molar-refractivity contribution in [2.45, 2.75) is 30.8 Å². The maximum absolute atomic E-state index is 13.0. The Hall–Kier alpha value is -2.67. The minimum atomic E-state index is -3.59. The Morgan fingerprint density at radius 2 is 1.69 bits per heavy atom. The first kappa shape index (κ1) is 22.5. The summed E-state index contributed by atoms with van der Waals surface area (Å²) in [6.45, 7) is 3.92. The fraction of sp³-hybridized carbons (Fsp3) is 0.308. The molecule has 0 saturated heterocycles. The van der Waals surface area contributed by atoms with E-state index in [1.807, 2.05) is 27.1 Å². The van der Waals surface area contributed by atoms with Gasteiger partial charge in [0.15, 0.2) is 0 Å². The highest BCUT2D eigenvalue weighted by Gasteiger charge is 2.26. The SMILES string of the molecule is Cc1cccc(S(=O)(=O)NC[C@H](c2ccc(N(C)C)cc2)N2CCc3ccccc3C2)c1. The number of fused-ring (bicyclic) bond motifs is 1. The summed E-state index contributed by atoms with van der Waals surface area (Å²) in [6.07, 6.45) is 0.965. The number of anilines is 1. The molecule has 5 nitrogen and oxygen atoms in total. The third-order valence-corrected chi connectivity index (χ3v) is 7.58. The van der Waals surface area contributed by atoms with Crippen LogP contribution in [0.5, 0.6) is 0 Å². The molecule has 32 heavy (non-hydrogen) atoms. The molecule has 0 saturated carbocycles. The van der Waals surface area contributed by atoms with Crippen LogP contribution in [0, 0.1) is 6.92 Å². The van der Waals surface area contributed by atoms with Gasteiger partial charge in [-0.2, -0.15) is 0 Å². The number of nitrogens with one attached hydrogen (secondary N) is 1.